The lowest BCUT2D eigenvalue weighted by molar-refractivity contribution is 0.0937. The first-order valence-electron chi connectivity index (χ1n) is 8.25. The molecule has 0 saturated heterocycles. The molecule has 0 radical (unpaired) electrons. The summed E-state index contributed by atoms with van der Waals surface area (Å²) in [5.74, 6) is 0.945. The molecule has 0 spiro atoms. The van der Waals surface area contributed by atoms with Crippen LogP contribution in [0.3, 0.4) is 0 Å². The van der Waals surface area contributed by atoms with E-state index in [9.17, 15) is 13.2 Å². The molecule has 144 valence electrons. The van der Waals surface area contributed by atoms with Gasteiger partial charge in [0.05, 0.1) is 11.5 Å². The van der Waals surface area contributed by atoms with Crippen molar-refractivity contribution in [2.45, 2.75) is 11.4 Å². The number of amides is 1. The predicted molar refractivity (Wildman–Crippen MR) is 97.2 cm³/mol. The van der Waals surface area contributed by atoms with Crippen LogP contribution in [0.5, 0.6) is 11.5 Å². The molecule has 2 N–H and O–H groups in total. The minimum atomic E-state index is -3.71. The first kappa shape index (κ1) is 19.2. The SMILES string of the molecule is COCCNC(=O)c1ccc(S(=O)(=O)NCc2ccc3c(c2)OCO3)cc1. The maximum Gasteiger partial charge on any atom is 0.251 e. The largest absolute Gasteiger partial charge is 0.454 e. The molecule has 0 atom stereocenters. The van der Waals surface area contributed by atoms with Crippen molar-refractivity contribution < 1.29 is 27.4 Å². The van der Waals surface area contributed by atoms with E-state index in [1.807, 2.05) is 0 Å². The van der Waals surface area contributed by atoms with Crippen LogP contribution in [0.2, 0.25) is 0 Å². The molecular formula is C18H20N2O6S. The third-order valence-electron chi connectivity index (χ3n) is 3.92. The van der Waals surface area contributed by atoms with Gasteiger partial charge in [-0.3, -0.25) is 4.79 Å². The number of benzene rings is 2. The van der Waals surface area contributed by atoms with Crippen LogP contribution >= 0.6 is 0 Å². The Labute approximate surface area is 157 Å². The van der Waals surface area contributed by atoms with E-state index >= 15 is 0 Å². The maximum absolute atomic E-state index is 12.4. The summed E-state index contributed by atoms with van der Waals surface area (Å²) in [5.41, 5.74) is 1.12. The molecule has 1 amide bonds. The number of hydrogen-bond acceptors (Lipinski definition) is 6. The highest BCUT2D eigenvalue weighted by atomic mass is 32.2. The Morgan fingerprint density at radius 2 is 1.85 bits per heavy atom. The lowest BCUT2D eigenvalue weighted by Crippen LogP contribution is -2.27. The molecule has 2 aromatic carbocycles. The molecule has 0 fully saturated rings. The number of carbonyl (C=O) groups is 1. The van der Waals surface area contributed by atoms with Gasteiger partial charge < -0.3 is 19.5 Å². The summed E-state index contributed by atoms with van der Waals surface area (Å²) < 4.78 is 42.8. The monoisotopic (exact) mass is 392 g/mol. The average Bonchev–Trinajstić information content (AvgIpc) is 3.14. The van der Waals surface area contributed by atoms with Crippen LogP contribution < -0.4 is 19.5 Å². The van der Waals surface area contributed by atoms with E-state index in [2.05, 4.69) is 10.0 Å². The summed E-state index contributed by atoms with van der Waals surface area (Å²) in [6.07, 6.45) is 0. The molecule has 0 saturated carbocycles. The third-order valence-corrected chi connectivity index (χ3v) is 5.34. The summed E-state index contributed by atoms with van der Waals surface area (Å²) in [6, 6.07) is 11.0. The number of fused-ring (bicyclic) bond motifs is 1. The second-order valence-electron chi connectivity index (χ2n) is 5.79. The number of carbonyl (C=O) groups excluding carboxylic acids is 1. The predicted octanol–water partition coefficient (Wildman–Crippen LogP) is 1.27. The van der Waals surface area contributed by atoms with Crippen LogP contribution in [-0.4, -0.2) is 41.4 Å². The van der Waals surface area contributed by atoms with E-state index < -0.39 is 10.0 Å². The maximum atomic E-state index is 12.4. The van der Waals surface area contributed by atoms with Crippen LogP contribution in [0.15, 0.2) is 47.4 Å². The van der Waals surface area contributed by atoms with E-state index in [1.165, 1.54) is 24.3 Å². The van der Waals surface area contributed by atoms with Gasteiger partial charge in [0.1, 0.15) is 0 Å². The lowest BCUT2D eigenvalue weighted by atomic mass is 10.2. The molecule has 27 heavy (non-hydrogen) atoms. The fourth-order valence-electron chi connectivity index (χ4n) is 2.47. The van der Waals surface area contributed by atoms with Gasteiger partial charge in [-0.25, -0.2) is 13.1 Å². The molecule has 1 aliphatic heterocycles. The van der Waals surface area contributed by atoms with Crippen molar-refractivity contribution >= 4 is 15.9 Å². The summed E-state index contributed by atoms with van der Waals surface area (Å²) in [7, 11) is -2.17. The van der Waals surface area contributed by atoms with Gasteiger partial charge in [-0.1, -0.05) is 6.07 Å². The zero-order chi connectivity index (χ0) is 19.3. The zero-order valence-electron chi connectivity index (χ0n) is 14.7. The number of nitrogens with one attached hydrogen (secondary N) is 2. The molecule has 0 bridgehead atoms. The number of methoxy groups -OCH3 is 1. The van der Waals surface area contributed by atoms with Gasteiger partial charge in [0.25, 0.3) is 5.91 Å². The smallest absolute Gasteiger partial charge is 0.251 e. The molecule has 0 aromatic heterocycles. The number of rotatable bonds is 8. The van der Waals surface area contributed by atoms with E-state index in [-0.39, 0.29) is 24.1 Å². The summed E-state index contributed by atoms with van der Waals surface area (Å²) in [6.45, 7) is 1.06. The van der Waals surface area contributed by atoms with Crippen LogP contribution in [0.1, 0.15) is 15.9 Å². The summed E-state index contributed by atoms with van der Waals surface area (Å²) >= 11 is 0. The van der Waals surface area contributed by atoms with Gasteiger partial charge in [0, 0.05) is 25.8 Å². The number of ether oxygens (including phenoxy) is 3. The zero-order valence-corrected chi connectivity index (χ0v) is 15.5. The second kappa shape index (κ2) is 8.38. The Morgan fingerprint density at radius 3 is 2.59 bits per heavy atom. The van der Waals surface area contributed by atoms with E-state index in [0.717, 1.165) is 5.56 Å². The molecule has 8 nitrogen and oxygen atoms in total. The molecule has 1 heterocycles. The average molecular weight is 392 g/mol. The minimum absolute atomic E-state index is 0.0803. The van der Waals surface area contributed by atoms with Gasteiger partial charge in [-0.2, -0.15) is 0 Å². The fourth-order valence-corrected chi connectivity index (χ4v) is 3.48. The van der Waals surface area contributed by atoms with Crippen LogP contribution in [0.25, 0.3) is 0 Å². The Hall–Kier alpha value is -2.62. The Morgan fingerprint density at radius 1 is 1.11 bits per heavy atom. The molecule has 0 aliphatic carbocycles. The van der Waals surface area contributed by atoms with Crippen molar-refractivity contribution in [2.24, 2.45) is 0 Å². The van der Waals surface area contributed by atoms with Crippen molar-refractivity contribution in [3.63, 3.8) is 0 Å². The second-order valence-corrected chi connectivity index (χ2v) is 7.55. The van der Waals surface area contributed by atoms with Gasteiger partial charge in [0.15, 0.2) is 11.5 Å². The first-order valence-corrected chi connectivity index (χ1v) is 9.73. The van der Waals surface area contributed by atoms with Gasteiger partial charge in [-0.05, 0) is 42.0 Å². The van der Waals surface area contributed by atoms with Gasteiger partial charge in [-0.15, -0.1) is 0 Å². The lowest BCUT2D eigenvalue weighted by Gasteiger charge is -2.09. The Balaban J connectivity index is 1.62. The van der Waals surface area contributed by atoms with E-state index in [1.54, 1.807) is 25.3 Å². The molecule has 9 heteroatoms. The van der Waals surface area contributed by atoms with Crippen molar-refractivity contribution in [3.05, 3.63) is 53.6 Å². The third kappa shape index (κ3) is 4.76. The molecule has 1 aliphatic rings. The minimum Gasteiger partial charge on any atom is -0.454 e. The van der Waals surface area contributed by atoms with Gasteiger partial charge >= 0.3 is 0 Å². The molecular weight excluding hydrogens is 372 g/mol. The Bertz CT molecular complexity index is 912. The van der Waals surface area contributed by atoms with E-state index in [0.29, 0.717) is 30.2 Å². The topological polar surface area (TPSA) is 103 Å². The number of hydrogen-bond donors (Lipinski definition) is 2. The Kier molecular flexibility index (Phi) is 5.94. The highest BCUT2D eigenvalue weighted by Crippen LogP contribution is 2.32. The van der Waals surface area contributed by atoms with Crippen LogP contribution in [0.4, 0.5) is 0 Å². The first-order chi connectivity index (χ1) is 13.0. The van der Waals surface area contributed by atoms with Crippen molar-refractivity contribution in [1.29, 1.82) is 0 Å². The fraction of sp³-hybridized carbons (Fsp3) is 0.278. The summed E-state index contributed by atoms with van der Waals surface area (Å²) in [4.78, 5) is 12.0. The van der Waals surface area contributed by atoms with Crippen molar-refractivity contribution in [1.82, 2.24) is 10.0 Å². The molecule has 3 rings (SSSR count). The van der Waals surface area contributed by atoms with E-state index in [4.69, 9.17) is 14.2 Å². The molecule has 2 aromatic rings. The van der Waals surface area contributed by atoms with Crippen LogP contribution in [-0.2, 0) is 21.3 Å². The van der Waals surface area contributed by atoms with Crippen molar-refractivity contribution in [2.75, 3.05) is 27.1 Å². The normalized spacial score (nSPS) is 12.8. The quantitative estimate of drug-likeness (QED) is 0.656. The van der Waals surface area contributed by atoms with Crippen LogP contribution in [0, 0.1) is 0 Å². The molecule has 0 unspecified atom stereocenters. The summed E-state index contributed by atoms with van der Waals surface area (Å²) in [5, 5.41) is 2.67. The van der Waals surface area contributed by atoms with Gasteiger partial charge in [0.2, 0.25) is 16.8 Å². The van der Waals surface area contributed by atoms with Crippen molar-refractivity contribution in [3.8, 4) is 11.5 Å². The highest BCUT2D eigenvalue weighted by molar-refractivity contribution is 7.89. The highest BCUT2D eigenvalue weighted by Gasteiger charge is 2.17. The standard InChI is InChI=1S/C18H20N2O6S/c1-24-9-8-19-18(21)14-3-5-15(6-4-14)27(22,23)20-11-13-2-7-16-17(10-13)26-12-25-16/h2-7,10,20H,8-9,11-12H2,1H3,(H,19,21). The number of sulfonamides is 1.